The monoisotopic (exact) mass is 412 g/mol. The molecule has 9 heteroatoms. The fourth-order valence-corrected chi connectivity index (χ4v) is 4.11. The Labute approximate surface area is 172 Å². The van der Waals surface area contributed by atoms with Crippen molar-refractivity contribution < 1.29 is 19.3 Å². The summed E-state index contributed by atoms with van der Waals surface area (Å²) >= 11 is 1.28. The van der Waals surface area contributed by atoms with Crippen molar-refractivity contribution in [3.05, 3.63) is 52.8 Å². The molecule has 5 N–H and O–H groups in total. The van der Waals surface area contributed by atoms with Gasteiger partial charge in [0, 0.05) is 23.5 Å². The first-order chi connectivity index (χ1) is 13.9. The summed E-state index contributed by atoms with van der Waals surface area (Å²) in [5.74, 6) is 2.50. The number of nitrogens with two attached hydrogens (primary N) is 2. The standard InChI is InChI=1S/C20H21N5O3S/c1-11-5-14(15(26)9-29-20-23-18(21)7-19(22)24-20)12(2)25(11)8-13-3-4-16-17(6-13)28-10-27-16/h3-7H,8-10H2,1-2H3,(H4,21,22,23,24)/p+1. The maximum atomic E-state index is 12.8. The lowest BCUT2D eigenvalue weighted by Crippen LogP contribution is -2.17. The van der Waals surface area contributed by atoms with Crippen LogP contribution in [-0.4, -0.2) is 27.9 Å². The maximum Gasteiger partial charge on any atom is 0.298 e. The lowest BCUT2D eigenvalue weighted by molar-refractivity contribution is -0.416. The van der Waals surface area contributed by atoms with Crippen LogP contribution in [-0.2, 0) is 6.54 Å². The van der Waals surface area contributed by atoms with E-state index in [1.54, 1.807) is 0 Å². The number of carbonyl (C=O) groups is 1. The van der Waals surface area contributed by atoms with Crippen LogP contribution in [0.2, 0.25) is 0 Å². The van der Waals surface area contributed by atoms with Gasteiger partial charge in [-0.2, -0.15) is 0 Å². The number of hydrogen-bond donors (Lipinski definition) is 2. The van der Waals surface area contributed by atoms with E-state index >= 15 is 0 Å². The number of nitrogens with zero attached hydrogens (tertiary/aromatic N) is 2. The van der Waals surface area contributed by atoms with Gasteiger partial charge in [0.05, 0.1) is 11.8 Å². The van der Waals surface area contributed by atoms with Crippen LogP contribution < -0.4 is 25.9 Å². The molecular weight excluding hydrogens is 390 g/mol. The number of hydrogen-bond acceptors (Lipinski definition) is 7. The van der Waals surface area contributed by atoms with E-state index in [4.69, 9.17) is 20.9 Å². The van der Waals surface area contributed by atoms with Gasteiger partial charge >= 0.3 is 0 Å². The minimum absolute atomic E-state index is 0.0243. The molecule has 0 unspecified atom stereocenters. The Morgan fingerprint density at radius 3 is 2.79 bits per heavy atom. The molecule has 0 saturated heterocycles. The Balaban J connectivity index is 1.49. The number of fused-ring (bicyclic) bond motifs is 1. The van der Waals surface area contributed by atoms with E-state index in [1.165, 1.54) is 17.8 Å². The zero-order valence-electron chi connectivity index (χ0n) is 16.2. The number of aromatic nitrogens is 3. The molecule has 0 spiro atoms. The highest BCUT2D eigenvalue weighted by atomic mass is 32.2. The van der Waals surface area contributed by atoms with Gasteiger partial charge in [0.25, 0.3) is 5.16 Å². The molecule has 1 aromatic carbocycles. The summed E-state index contributed by atoms with van der Waals surface area (Å²) in [4.78, 5) is 19.9. The van der Waals surface area contributed by atoms with Crippen LogP contribution in [0, 0.1) is 13.8 Å². The van der Waals surface area contributed by atoms with E-state index in [2.05, 4.69) is 14.5 Å². The molecule has 29 heavy (non-hydrogen) atoms. The molecule has 8 nitrogen and oxygen atoms in total. The van der Waals surface area contributed by atoms with Crippen LogP contribution in [0.15, 0.2) is 35.5 Å². The van der Waals surface area contributed by atoms with Crippen molar-refractivity contribution in [1.29, 1.82) is 0 Å². The highest BCUT2D eigenvalue weighted by Gasteiger charge is 2.19. The third kappa shape index (κ3) is 4.00. The minimum atomic E-state index is 0.0243. The summed E-state index contributed by atoms with van der Waals surface area (Å²) in [6.45, 7) is 4.86. The van der Waals surface area contributed by atoms with Crippen molar-refractivity contribution in [2.45, 2.75) is 25.5 Å². The smallest absolute Gasteiger partial charge is 0.298 e. The molecular formula is C20H22N5O3S+. The molecule has 1 aliphatic heterocycles. The van der Waals surface area contributed by atoms with Crippen LogP contribution >= 0.6 is 11.8 Å². The minimum Gasteiger partial charge on any atom is -0.454 e. The van der Waals surface area contributed by atoms with Crippen LogP contribution in [0.5, 0.6) is 11.5 Å². The van der Waals surface area contributed by atoms with E-state index in [0.717, 1.165) is 28.5 Å². The van der Waals surface area contributed by atoms with Gasteiger partial charge < -0.3 is 25.5 Å². The van der Waals surface area contributed by atoms with E-state index < -0.39 is 0 Å². The first kappa shape index (κ1) is 19.1. The zero-order chi connectivity index (χ0) is 20.5. The Morgan fingerprint density at radius 1 is 1.21 bits per heavy atom. The van der Waals surface area contributed by atoms with Gasteiger partial charge in [-0.15, -0.1) is 0 Å². The van der Waals surface area contributed by atoms with Crippen molar-refractivity contribution in [2.24, 2.45) is 0 Å². The van der Waals surface area contributed by atoms with Gasteiger partial charge in [-0.05, 0) is 49.4 Å². The average molecular weight is 412 g/mol. The zero-order valence-corrected chi connectivity index (χ0v) is 17.0. The molecule has 0 saturated carbocycles. The van der Waals surface area contributed by atoms with Crippen LogP contribution in [0.3, 0.4) is 0 Å². The van der Waals surface area contributed by atoms with Crippen molar-refractivity contribution in [1.82, 2.24) is 9.55 Å². The van der Waals surface area contributed by atoms with Gasteiger partial charge in [-0.25, -0.2) is 4.98 Å². The normalized spacial score (nSPS) is 12.3. The van der Waals surface area contributed by atoms with Gasteiger partial charge in [-0.1, -0.05) is 11.1 Å². The lowest BCUT2D eigenvalue weighted by Gasteiger charge is -2.10. The largest absolute Gasteiger partial charge is 0.454 e. The number of aryl methyl sites for hydroxylation is 1. The second kappa shape index (κ2) is 7.67. The third-order valence-electron chi connectivity index (χ3n) is 4.78. The lowest BCUT2D eigenvalue weighted by atomic mass is 10.1. The van der Waals surface area contributed by atoms with Gasteiger partial charge in [-0.3, -0.25) is 4.79 Å². The highest BCUT2D eigenvalue weighted by Crippen LogP contribution is 2.33. The molecule has 0 amide bonds. The summed E-state index contributed by atoms with van der Waals surface area (Å²) in [7, 11) is 0. The first-order valence-corrected chi connectivity index (χ1v) is 10.1. The summed E-state index contributed by atoms with van der Waals surface area (Å²) in [6, 6.07) is 9.36. The fraction of sp³-hybridized carbons (Fsp3) is 0.250. The third-order valence-corrected chi connectivity index (χ3v) is 5.65. The number of nitrogens with one attached hydrogen (secondary N) is 1. The summed E-state index contributed by atoms with van der Waals surface area (Å²) in [6.07, 6.45) is 0. The SMILES string of the molecule is Cc1cc(C(=O)CSc2nc(N)cc(N)[nH+]2)c(C)n1Cc1ccc2c(c1)OCO2. The number of benzene rings is 1. The number of Topliss-reactive ketones (excluding diaryl/α,β-unsaturated/α-hetero) is 1. The Morgan fingerprint density at radius 2 is 2.00 bits per heavy atom. The quantitative estimate of drug-likeness (QED) is 0.362. The molecule has 150 valence electrons. The van der Waals surface area contributed by atoms with Crippen LogP contribution in [0.1, 0.15) is 27.3 Å². The summed E-state index contributed by atoms with van der Waals surface area (Å²) in [5.41, 5.74) is 15.2. The van der Waals surface area contributed by atoms with Crippen LogP contribution in [0.25, 0.3) is 0 Å². The molecule has 0 atom stereocenters. The predicted molar refractivity (Wildman–Crippen MR) is 110 cm³/mol. The van der Waals surface area contributed by atoms with E-state index in [1.807, 2.05) is 38.1 Å². The Hall–Kier alpha value is -3.20. The number of carbonyl (C=O) groups excluding carboxylic acids is 1. The molecule has 0 bridgehead atoms. The Kier molecular flexibility index (Phi) is 5.06. The summed E-state index contributed by atoms with van der Waals surface area (Å²) < 4.78 is 12.9. The van der Waals surface area contributed by atoms with E-state index in [-0.39, 0.29) is 18.3 Å². The van der Waals surface area contributed by atoms with E-state index in [0.29, 0.717) is 28.9 Å². The fourth-order valence-electron chi connectivity index (χ4n) is 3.32. The van der Waals surface area contributed by atoms with Crippen molar-refractivity contribution >= 4 is 29.2 Å². The van der Waals surface area contributed by atoms with Gasteiger partial charge in [0.2, 0.25) is 18.4 Å². The molecule has 2 aromatic heterocycles. The number of thioether (sulfide) groups is 1. The van der Waals surface area contributed by atoms with Crippen molar-refractivity contribution in [3.8, 4) is 11.5 Å². The topological polar surface area (TPSA) is 120 Å². The van der Waals surface area contributed by atoms with E-state index in [9.17, 15) is 4.79 Å². The van der Waals surface area contributed by atoms with Crippen LogP contribution in [0.4, 0.5) is 11.6 Å². The number of rotatable bonds is 6. The van der Waals surface area contributed by atoms with Gasteiger partial charge in [0.15, 0.2) is 17.3 Å². The van der Waals surface area contributed by atoms with Gasteiger partial charge in [0.1, 0.15) is 0 Å². The summed E-state index contributed by atoms with van der Waals surface area (Å²) in [5, 5.41) is 0.519. The number of anilines is 2. The van der Waals surface area contributed by atoms with Crippen molar-refractivity contribution in [2.75, 3.05) is 24.0 Å². The average Bonchev–Trinajstić information content (AvgIpc) is 3.25. The Bertz CT molecular complexity index is 1080. The number of ketones is 1. The molecule has 3 heterocycles. The first-order valence-electron chi connectivity index (χ1n) is 9.07. The molecule has 0 fully saturated rings. The highest BCUT2D eigenvalue weighted by molar-refractivity contribution is 7.99. The second-order valence-corrected chi connectivity index (χ2v) is 7.80. The number of nitrogen functional groups attached to an aromatic ring is 2. The predicted octanol–water partition coefficient (Wildman–Crippen LogP) is 2.23. The maximum absolute atomic E-state index is 12.8. The molecule has 0 radical (unpaired) electrons. The van der Waals surface area contributed by atoms with Crippen molar-refractivity contribution in [3.63, 3.8) is 0 Å². The number of H-pyrrole nitrogens is 1. The number of aromatic amines is 1. The second-order valence-electron chi connectivity index (χ2n) is 6.84. The molecule has 1 aliphatic rings. The molecule has 4 rings (SSSR count). The molecule has 3 aromatic rings. The molecule has 0 aliphatic carbocycles. The number of ether oxygens (including phenoxy) is 2.